The van der Waals surface area contributed by atoms with E-state index in [1.54, 1.807) is 12.0 Å². The zero-order chi connectivity index (χ0) is 14.3. The van der Waals surface area contributed by atoms with Crippen molar-refractivity contribution in [2.75, 3.05) is 33.5 Å². The molecule has 0 bridgehead atoms. The van der Waals surface area contributed by atoms with Gasteiger partial charge in [-0.05, 0) is 13.3 Å². The van der Waals surface area contributed by atoms with E-state index in [-0.39, 0.29) is 25.1 Å². The highest BCUT2D eigenvalue weighted by molar-refractivity contribution is 5.76. The van der Waals surface area contributed by atoms with Crippen LogP contribution in [0.1, 0.15) is 19.8 Å². The fraction of sp³-hybridized carbons (Fsp3) is 0.833. The molecule has 0 spiro atoms. The molecule has 1 saturated heterocycles. The van der Waals surface area contributed by atoms with Gasteiger partial charge >= 0.3 is 12.0 Å². The minimum atomic E-state index is -0.930. The number of hydrogen-bond donors (Lipinski definition) is 2. The molecule has 19 heavy (non-hydrogen) atoms. The molecule has 0 aromatic carbocycles. The van der Waals surface area contributed by atoms with Crippen molar-refractivity contribution in [1.82, 2.24) is 10.2 Å². The Morgan fingerprint density at radius 3 is 2.95 bits per heavy atom. The van der Waals surface area contributed by atoms with Crippen molar-refractivity contribution >= 4 is 12.0 Å². The number of ether oxygens (including phenoxy) is 2. The largest absolute Gasteiger partial charge is 0.481 e. The van der Waals surface area contributed by atoms with E-state index in [0.717, 1.165) is 6.42 Å². The number of carboxylic acids is 1. The Bertz CT molecular complexity index is 310. The Hall–Kier alpha value is -1.34. The molecule has 2 unspecified atom stereocenters. The lowest BCUT2D eigenvalue weighted by molar-refractivity contribution is -0.139. The number of carbonyl (C=O) groups is 2. The lowest BCUT2D eigenvalue weighted by Gasteiger charge is -2.35. The zero-order valence-electron chi connectivity index (χ0n) is 11.4. The Balaban J connectivity index is 2.49. The van der Waals surface area contributed by atoms with E-state index in [4.69, 9.17) is 14.6 Å². The first-order chi connectivity index (χ1) is 9.04. The number of amides is 2. The summed E-state index contributed by atoms with van der Waals surface area (Å²) in [6, 6.07) is -0.653. The molecule has 1 heterocycles. The molecule has 1 rings (SSSR count). The van der Waals surface area contributed by atoms with Crippen LogP contribution >= 0.6 is 0 Å². The maximum absolute atomic E-state index is 12.1. The smallest absolute Gasteiger partial charge is 0.318 e. The molecule has 7 heteroatoms. The summed E-state index contributed by atoms with van der Waals surface area (Å²) in [6.45, 7) is 3.59. The molecule has 110 valence electrons. The Morgan fingerprint density at radius 2 is 2.32 bits per heavy atom. The maximum atomic E-state index is 12.1. The second-order valence-corrected chi connectivity index (χ2v) is 4.65. The third-order valence-electron chi connectivity index (χ3n) is 3.02. The van der Waals surface area contributed by atoms with Crippen molar-refractivity contribution in [1.29, 1.82) is 0 Å². The van der Waals surface area contributed by atoms with E-state index in [9.17, 15) is 9.59 Å². The van der Waals surface area contributed by atoms with Gasteiger partial charge in [-0.1, -0.05) is 0 Å². The number of hydrogen-bond acceptors (Lipinski definition) is 4. The number of aliphatic carboxylic acids is 1. The van der Waals surface area contributed by atoms with Crippen molar-refractivity contribution in [2.24, 2.45) is 0 Å². The molecule has 0 aromatic rings. The first-order valence-electron chi connectivity index (χ1n) is 6.40. The van der Waals surface area contributed by atoms with Gasteiger partial charge in [0.05, 0.1) is 25.7 Å². The highest BCUT2D eigenvalue weighted by atomic mass is 16.5. The van der Waals surface area contributed by atoms with Crippen LogP contribution in [0.15, 0.2) is 0 Å². The summed E-state index contributed by atoms with van der Waals surface area (Å²) in [5, 5.41) is 11.7. The molecular weight excluding hydrogens is 252 g/mol. The fourth-order valence-electron chi connectivity index (χ4n) is 1.95. The van der Waals surface area contributed by atoms with Gasteiger partial charge in [-0.15, -0.1) is 0 Å². The van der Waals surface area contributed by atoms with Gasteiger partial charge in [0, 0.05) is 26.3 Å². The maximum Gasteiger partial charge on any atom is 0.318 e. The summed E-state index contributed by atoms with van der Waals surface area (Å²) < 4.78 is 10.2. The van der Waals surface area contributed by atoms with Crippen LogP contribution in [0.5, 0.6) is 0 Å². The number of carboxylic acid groups (broad SMARTS) is 1. The third-order valence-corrected chi connectivity index (χ3v) is 3.02. The van der Waals surface area contributed by atoms with Crippen LogP contribution in [0.4, 0.5) is 4.79 Å². The van der Waals surface area contributed by atoms with E-state index in [2.05, 4.69) is 5.32 Å². The molecule has 0 aromatic heterocycles. The number of nitrogens with one attached hydrogen (secondary N) is 1. The number of nitrogens with zero attached hydrogens (tertiary/aromatic N) is 1. The average molecular weight is 274 g/mol. The molecule has 2 N–H and O–H groups in total. The highest BCUT2D eigenvalue weighted by Crippen LogP contribution is 2.11. The fourth-order valence-corrected chi connectivity index (χ4v) is 1.95. The van der Waals surface area contributed by atoms with Crippen LogP contribution < -0.4 is 5.32 Å². The normalized spacial score (nSPS) is 20.9. The van der Waals surface area contributed by atoms with Crippen LogP contribution in [0.25, 0.3) is 0 Å². The van der Waals surface area contributed by atoms with Crippen LogP contribution in [0, 0.1) is 0 Å². The molecular formula is C12H22N2O5. The van der Waals surface area contributed by atoms with Crippen LogP contribution in [0.2, 0.25) is 0 Å². The minimum absolute atomic E-state index is 0.0132. The summed E-state index contributed by atoms with van der Waals surface area (Å²) in [4.78, 5) is 24.4. The quantitative estimate of drug-likeness (QED) is 0.727. The number of methoxy groups -OCH3 is 1. The molecule has 0 radical (unpaired) electrons. The van der Waals surface area contributed by atoms with E-state index in [0.29, 0.717) is 19.8 Å². The van der Waals surface area contributed by atoms with Crippen molar-refractivity contribution in [3.63, 3.8) is 0 Å². The number of urea groups is 1. The van der Waals surface area contributed by atoms with Gasteiger partial charge in [0.25, 0.3) is 0 Å². The van der Waals surface area contributed by atoms with Crippen molar-refractivity contribution < 1.29 is 24.2 Å². The van der Waals surface area contributed by atoms with Gasteiger partial charge in [0.1, 0.15) is 0 Å². The first kappa shape index (κ1) is 15.7. The predicted molar refractivity (Wildman–Crippen MR) is 68.1 cm³/mol. The van der Waals surface area contributed by atoms with E-state index >= 15 is 0 Å². The Labute approximate surface area is 112 Å². The monoisotopic (exact) mass is 274 g/mol. The van der Waals surface area contributed by atoms with Crippen LogP contribution in [-0.4, -0.2) is 67.6 Å². The van der Waals surface area contributed by atoms with E-state index in [1.165, 1.54) is 0 Å². The van der Waals surface area contributed by atoms with Gasteiger partial charge in [-0.3, -0.25) is 4.79 Å². The molecule has 1 fully saturated rings. The lowest BCUT2D eigenvalue weighted by Crippen LogP contribution is -2.54. The standard InChI is InChI=1S/C12H22N2O5/c1-9(3-5-18-2)13-12(17)14-4-6-19-8-10(14)7-11(15)16/h9-10H,3-8H2,1-2H3,(H,13,17)(H,15,16). The second-order valence-electron chi connectivity index (χ2n) is 4.65. The summed E-state index contributed by atoms with van der Waals surface area (Å²) in [5.74, 6) is -0.930. The van der Waals surface area contributed by atoms with E-state index in [1.807, 2.05) is 6.92 Å². The Morgan fingerprint density at radius 1 is 1.58 bits per heavy atom. The summed E-state index contributed by atoms with van der Waals surface area (Å²) in [6.07, 6.45) is 0.621. The van der Waals surface area contributed by atoms with E-state index < -0.39 is 12.0 Å². The minimum Gasteiger partial charge on any atom is -0.481 e. The molecule has 0 saturated carbocycles. The van der Waals surface area contributed by atoms with Gasteiger partial charge in [-0.2, -0.15) is 0 Å². The van der Waals surface area contributed by atoms with Crippen LogP contribution in [0.3, 0.4) is 0 Å². The topological polar surface area (TPSA) is 88.1 Å². The van der Waals surface area contributed by atoms with Gasteiger partial charge in [0.15, 0.2) is 0 Å². The molecule has 2 atom stereocenters. The van der Waals surface area contributed by atoms with Gasteiger partial charge < -0.3 is 24.8 Å². The SMILES string of the molecule is COCCC(C)NC(=O)N1CCOCC1CC(=O)O. The summed E-state index contributed by atoms with van der Waals surface area (Å²) >= 11 is 0. The number of carbonyl (C=O) groups excluding carboxylic acids is 1. The second kappa shape index (κ2) is 7.96. The predicted octanol–water partition coefficient (Wildman–Crippen LogP) is 0.297. The van der Waals surface area contributed by atoms with Gasteiger partial charge in [-0.25, -0.2) is 4.79 Å². The number of morpholine rings is 1. The summed E-state index contributed by atoms with van der Waals surface area (Å²) in [5.41, 5.74) is 0. The average Bonchev–Trinajstić information content (AvgIpc) is 2.36. The first-order valence-corrected chi connectivity index (χ1v) is 6.40. The molecule has 7 nitrogen and oxygen atoms in total. The van der Waals surface area contributed by atoms with Crippen molar-refractivity contribution in [3.8, 4) is 0 Å². The lowest BCUT2D eigenvalue weighted by atomic mass is 10.1. The number of rotatable bonds is 6. The molecule has 1 aliphatic rings. The van der Waals surface area contributed by atoms with Gasteiger partial charge in [0.2, 0.25) is 0 Å². The summed E-state index contributed by atoms with van der Waals surface area (Å²) in [7, 11) is 1.61. The van der Waals surface area contributed by atoms with Crippen molar-refractivity contribution in [3.05, 3.63) is 0 Å². The molecule has 1 aliphatic heterocycles. The van der Waals surface area contributed by atoms with Crippen molar-refractivity contribution in [2.45, 2.75) is 31.8 Å². The highest BCUT2D eigenvalue weighted by Gasteiger charge is 2.29. The third kappa shape index (κ3) is 5.44. The molecule has 0 aliphatic carbocycles. The molecule has 2 amide bonds. The zero-order valence-corrected chi connectivity index (χ0v) is 11.4. The van der Waals surface area contributed by atoms with Crippen LogP contribution in [-0.2, 0) is 14.3 Å². The Kier molecular flexibility index (Phi) is 6.58.